The first-order valence-electron chi connectivity index (χ1n) is 6.59. The van der Waals surface area contributed by atoms with E-state index in [0.717, 1.165) is 5.56 Å². The Balaban J connectivity index is 2.20. The first-order chi connectivity index (χ1) is 10.2. The maximum absolute atomic E-state index is 12.1. The van der Waals surface area contributed by atoms with E-state index in [1.807, 2.05) is 25.1 Å². The van der Waals surface area contributed by atoms with Crippen molar-refractivity contribution < 1.29 is 14.3 Å². The molecule has 1 amide bonds. The maximum atomic E-state index is 12.1. The average Bonchev–Trinajstić information content (AvgIpc) is 2.54. The van der Waals surface area contributed by atoms with Crippen molar-refractivity contribution in [3.63, 3.8) is 0 Å². The van der Waals surface area contributed by atoms with Crippen molar-refractivity contribution in [3.8, 4) is 11.5 Å². The molecule has 0 unspecified atom stereocenters. The maximum Gasteiger partial charge on any atom is 0.270 e. The summed E-state index contributed by atoms with van der Waals surface area (Å²) in [5.41, 5.74) is 1.23. The molecule has 0 fully saturated rings. The molecule has 0 aliphatic heterocycles. The summed E-state index contributed by atoms with van der Waals surface area (Å²) in [5.74, 6) is 1.18. The average molecular weight is 286 g/mol. The topological polar surface area (TPSA) is 60.5 Å². The summed E-state index contributed by atoms with van der Waals surface area (Å²) in [5, 5.41) is 2.90. The molecule has 0 aliphatic rings. The van der Waals surface area contributed by atoms with Crippen LogP contribution < -0.4 is 14.8 Å². The zero-order valence-electron chi connectivity index (χ0n) is 12.3. The number of amides is 1. The molecule has 110 valence electrons. The van der Waals surface area contributed by atoms with Crippen LogP contribution in [-0.2, 0) is 0 Å². The molecule has 21 heavy (non-hydrogen) atoms. The van der Waals surface area contributed by atoms with Crippen molar-refractivity contribution in [2.45, 2.75) is 13.0 Å². The number of ether oxygens (including phenoxy) is 2. The SMILES string of the molecule is COc1ccc(OC)c([C@H](C)NC(=O)c2ccccn2)c1. The second kappa shape index (κ2) is 6.74. The van der Waals surface area contributed by atoms with Gasteiger partial charge in [-0.25, -0.2) is 0 Å². The van der Waals surface area contributed by atoms with Gasteiger partial charge in [0.05, 0.1) is 20.3 Å². The number of carbonyl (C=O) groups is 1. The van der Waals surface area contributed by atoms with Crippen LogP contribution in [0.4, 0.5) is 0 Å². The van der Waals surface area contributed by atoms with Crippen LogP contribution in [0.15, 0.2) is 42.6 Å². The van der Waals surface area contributed by atoms with E-state index in [4.69, 9.17) is 9.47 Å². The number of nitrogens with zero attached hydrogens (tertiary/aromatic N) is 1. The summed E-state index contributed by atoms with van der Waals surface area (Å²) in [7, 11) is 3.20. The molecule has 1 atom stereocenters. The van der Waals surface area contributed by atoms with Crippen molar-refractivity contribution in [2.24, 2.45) is 0 Å². The molecular weight excluding hydrogens is 268 g/mol. The van der Waals surface area contributed by atoms with Gasteiger partial charge in [0.25, 0.3) is 5.91 Å². The van der Waals surface area contributed by atoms with Gasteiger partial charge in [0.2, 0.25) is 0 Å². The van der Waals surface area contributed by atoms with Gasteiger partial charge in [-0.05, 0) is 37.3 Å². The van der Waals surface area contributed by atoms with E-state index in [9.17, 15) is 4.79 Å². The predicted molar refractivity (Wildman–Crippen MR) is 79.7 cm³/mol. The molecule has 2 rings (SSSR count). The quantitative estimate of drug-likeness (QED) is 0.917. The van der Waals surface area contributed by atoms with Crippen molar-refractivity contribution in [1.29, 1.82) is 0 Å². The van der Waals surface area contributed by atoms with E-state index in [2.05, 4.69) is 10.3 Å². The van der Waals surface area contributed by atoms with Gasteiger partial charge in [0, 0.05) is 11.8 Å². The van der Waals surface area contributed by atoms with Crippen LogP contribution in [0.1, 0.15) is 29.0 Å². The molecule has 5 nitrogen and oxygen atoms in total. The highest BCUT2D eigenvalue weighted by atomic mass is 16.5. The number of nitrogens with one attached hydrogen (secondary N) is 1. The van der Waals surface area contributed by atoms with E-state index in [0.29, 0.717) is 17.2 Å². The number of benzene rings is 1. The van der Waals surface area contributed by atoms with Crippen LogP contribution in [0.25, 0.3) is 0 Å². The summed E-state index contributed by atoms with van der Waals surface area (Å²) in [6.07, 6.45) is 1.59. The number of methoxy groups -OCH3 is 2. The highest BCUT2D eigenvalue weighted by Crippen LogP contribution is 2.29. The number of rotatable bonds is 5. The van der Waals surface area contributed by atoms with Crippen LogP contribution >= 0.6 is 0 Å². The van der Waals surface area contributed by atoms with Gasteiger partial charge in [-0.15, -0.1) is 0 Å². The summed E-state index contributed by atoms with van der Waals surface area (Å²) in [4.78, 5) is 16.2. The number of hydrogen-bond acceptors (Lipinski definition) is 4. The molecular formula is C16H18N2O3. The Morgan fingerprint density at radius 3 is 2.62 bits per heavy atom. The monoisotopic (exact) mass is 286 g/mol. The smallest absolute Gasteiger partial charge is 0.270 e. The minimum Gasteiger partial charge on any atom is -0.497 e. The van der Waals surface area contributed by atoms with Crippen molar-refractivity contribution in [3.05, 3.63) is 53.9 Å². The van der Waals surface area contributed by atoms with Gasteiger partial charge in [-0.1, -0.05) is 6.07 Å². The molecule has 0 bridgehead atoms. The van der Waals surface area contributed by atoms with Crippen molar-refractivity contribution >= 4 is 5.91 Å². The predicted octanol–water partition coefficient (Wildman–Crippen LogP) is 2.59. The lowest BCUT2D eigenvalue weighted by molar-refractivity contribution is 0.0934. The molecule has 2 aromatic rings. The molecule has 0 spiro atoms. The minimum absolute atomic E-state index is 0.229. The Kier molecular flexibility index (Phi) is 4.77. The third-order valence-corrected chi connectivity index (χ3v) is 3.15. The largest absolute Gasteiger partial charge is 0.497 e. The number of aromatic nitrogens is 1. The van der Waals surface area contributed by atoms with Crippen LogP contribution in [0, 0.1) is 0 Å². The fraction of sp³-hybridized carbons (Fsp3) is 0.250. The van der Waals surface area contributed by atoms with Gasteiger partial charge in [-0.3, -0.25) is 9.78 Å². The molecule has 1 aromatic heterocycles. The number of hydrogen-bond donors (Lipinski definition) is 1. The molecule has 1 N–H and O–H groups in total. The summed E-state index contributed by atoms with van der Waals surface area (Å²) < 4.78 is 10.5. The Bertz CT molecular complexity index is 614. The van der Waals surface area contributed by atoms with Gasteiger partial charge >= 0.3 is 0 Å². The van der Waals surface area contributed by atoms with E-state index in [1.165, 1.54) is 0 Å². The molecule has 1 aromatic carbocycles. The Morgan fingerprint density at radius 2 is 2.00 bits per heavy atom. The third kappa shape index (κ3) is 3.51. The van der Waals surface area contributed by atoms with Gasteiger partial charge < -0.3 is 14.8 Å². The lowest BCUT2D eigenvalue weighted by Crippen LogP contribution is -2.27. The Morgan fingerprint density at radius 1 is 1.19 bits per heavy atom. The summed E-state index contributed by atoms with van der Waals surface area (Å²) >= 11 is 0. The van der Waals surface area contributed by atoms with Gasteiger partial charge in [0.15, 0.2) is 0 Å². The highest BCUT2D eigenvalue weighted by molar-refractivity contribution is 5.92. The minimum atomic E-state index is -0.232. The summed E-state index contributed by atoms with van der Waals surface area (Å²) in [6.45, 7) is 1.89. The first kappa shape index (κ1) is 14.8. The second-order valence-electron chi connectivity index (χ2n) is 4.52. The van der Waals surface area contributed by atoms with Gasteiger partial charge in [-0.2, -0.15) is 0 Å². The van der Waals surface area contributed by atoms with E-state index in [1.54, 1.807) is 38.6 Å². The van der Waals surface area contributed by atoms with Gasteiger partial charge in [0.1, 0.15) is 17.2 Å². The van der Waals surface area contributed by atoms with Crippen molar-refractivity contribution in [1.82, 2.24) is 10.3 Å². The number of carbonyl (C=O) groups excluding carboxylic acids is 1. The highest BCUT2D eigenvalue weighted by Gasteiger charge is 2.16. The van der Waals surface area contributed by atoms with Crippen LogP contribution in [0.3, 0.4) is 0 Å². The fourth-order valence-electron chi connectivity index (χ4n) is 2.02. The normalized spacial score (nSPS) is 11.6. The fourth-order valence-corrected chi connectivity index (χ4v) is 2.02. The molecule has 1 heterocycles. The standard InChI is InChI=1S/C16H18N2O3/c1-11(18-16(19)14-6-4-5-9-17-14)13-10-12(20-2)7-8-15(13)21-3/h4-11H,1-3H3,(H,18,19)/t11-/m0/s1. The molecule has 0 aliphatic carbocycles. The molecule has 0 saturated heterocycles. The second-order valence-corrected chi connectivity index (χ2v) is 4.52. The zero-order chi connectivity index (χ0) is 15.2. The van der Waals surface area contributed by atoms with E-state index >= 15 is 0 Å². The van der Waals surface area contributed by atoms with E-state index < -0.39 is 0 Å². The lowest BCUT2D eigenvalue weighted by Gasteiger charge is -2.18. The van der Waals surface area contributed by atoms with Crippen molar-refractivity contribution in [2.75, 3.05) is 14.2 Å². The lowest BCUT2D eigenvalue weighted by atomic mass is 10.1. The third-order valence-electron chi connectivity index (χ3n) is 3.15. The van der Waals surface area contributed by atoms with Crippen LogP contribution in [0.5, 0.6) is 11.5 Å². The number of pyridine rings is 1. The Hall–Kier alpha value is -2.56. The van der Waals surface area contributed by atoms with Crippen LogP contribution in [0.2, 0.25) is 0 Å². The zero-order valence-corrected chi connectivity index (χ0v) is 12.3. The molecule has 0 saturated carbocycles. The Labute approximate surface area is 123 Å². The first-order valence-corrected chi connectivity index (χ1v) is 6.59. The molecule has 5 heteroatoms. The summed E-state index contributed by atoms with van der Waals surface area (Å²) in [6, 6.07) is 10.5. The molecule has 0 radical (unpaired) electrons. The van der Waals surface area contributed by atoms with Crippen LogP contribution in [-0.4, -0.2) is 25.1 Å². The van der Waals surface area contributed by atoms with E-state index in [-0.39, 0.29) is 11.9 Å².